The molecule has 1 aromatic heterocycles. The smallest absolute Gasteiger partial charge is 0.242 e. The van der Waals surface area contributed by atoms with E-state index in [9.17, 15) is 13.2 Å². The van der Waals surface area contributed by atoms with Crippen LogP contribution in [0.1, 0.15) is 0 Å². The first kappa shape index (κ1) is 18.4. The molecule has 1 amide bonds. The van der Waals surface area contributed by atoms with E-state index in [1.807, 2.05) is 24.3 Å². The van der Waals surface area contributed by atoms with Crippen molar-refractivity contribution in [2.45, 2.75) is 10.1 Å². The Morgan fingerprint density at radius 2 is 1.85 bits per heavy atom. The molecule has 0 aliphatic rings. The van der Waals surface area contributed by atoms with Crippen molar-refractivity contribution < 1.29 is 13.2 Å². The molecule has 7 nitrogen and oxygen atoms in total. The Bertz CT molecular complexity index is 995. The molecule has 0 saturated carbocycles. The topological polar surface area (TPSA) is 95.2 Å². The zero-order valence-corrected chi connectivity index (χ0v) is 15.9. The van der Waals surface area contributed by atoms with Gasteiger partial charge < -0.3 is 10.3 Å². The Morgan fingerprint density at radius 1 is 1.15 bits per heavy atom. The highest BCUT2D eigenvalue weighted by atomic mass is 32.2. The van der Waals surface area contributed by atoms with Gasteiger partial charge in [-0.25, -0.2) is 17.7 Å². The number of H-pyrrole nitrogens is 1. The fourth-order valence-corrected chi connectivity index (χ4v) is 3.84. The Morgan fingerprint density at radius 3 is 2.50 bits per heavy atom. The predicted molar refractivity (Wildman–Crippen MR) is 103 cm³/mol. The Balaban J connectivity index is 1.59. The van der Waals surface area contributed by atoms with Gasteiger partial charge in [-0.3, -0.25) is 4.79 Å². The van der Waals surface area contributed by atoms with E-state index >= 15 is 0 Å². The number of thioether (sulfide) groups is 1. The number of carbonyl (C=O) groups excluding carboxylic acids is 1. The van der Waals surface area contributed by atoms with E-state index in [2.05, 4.69) is 15.3 Å². The number of rotatable bonds is 6. The molecule has 0 radical (unpaired) electrons. The summed E-state index contributed by atoms with van der Waals surface area (Å²) in [6.45, 7) is 0. The highest BCUT2D eigenvalue weighted by molar-refractivity contribution is 7.99. The van der Waals surface area contributed by atoms with Crippen LogP contribution in [0.3, 0.4) is 0 Å². The van der Waals surface area contributed by atoms with Gasteiger partial charge in [0.1, 0.15) is 0 Å². The van der Waals surface area contributed by atoms with Crippen LogP contribution in [0, 0.1) is 0 Å². The number of carbonyl (C=O) groups is 1. The number of nitrogens with zero attached hydrogens (tertiary/aromatic N) is 2. The van der Waals surface area contributed by atoms with Gasteiger partial charge in [-0.2, -0.15) is 0 Å². The third-order valence-electron chi connectivity index (χ3n) is 3.62. The van der Waals surface area contributed by atoms with Gasteiger partial charge in [0.25, 0.3) is 0 Å². The van der Waals surface area contributed by atoms with Gasteiger partial charge in [0.15, 0.2) is 5.16 Å². The molecule has 2 N–H and O–H groups in total. The monoisotopic (exact) mass is 390 g/mol. The third-order valence-corrected chi connectivity index (χ3v) is 6.33. The molecule has 26 heavy (non-hydrogen) atoms. The molecule has 0 spiro atoms. The van der Waals surface area contributed by atoms with E-state index in [4.69, 9.17) is 0 Å². The lowest BCUT2D eigenvalue weighted by Crippen LogP contribution is -2.22. The first-order chi connectivity index (χ1) is 12.4. The Kier molecular flexibility index (Phi) is 5.30. The highest BCUT2D eigenvalue weighted by Gasteiger charge is 2.16. The minimum Gasteiger partial charge on any atom is -0.333 e. The van der Waals surface area contributed by atoms with Crippen LogP contribution >= 0.6 is 11.8 Å². The second-order valence-electron chi connectivity index (χ2n) is 5.71. The van der Waals surface area contributed by atoms with Crippen molar-refractivity contribution in [1.82, 2.24) is 14.3 Å². The minimum absolute atomic E-state index is 0.178. The highest BCUT2D eigenvalue weighted by Crippen LogP contribution is 2.20. The van der Waals surface area contributed by atoms with Crippen molar-refractivity contribution in [3.05, 3.63) is 48.5 Å². The molecule has 0 aliphatic carbocycles. The van der Waals surface area contributed by atoms with E-state index in [1.165, 1.54) is 38.0 Å². The zero-order chi connectivity index (χ0) is 18.7. The molecule has 9 heteroatoms. The summed E-state index contributed by atoms with van der Waals surface area (Å²) in [6.07, 6.45) is 0. The van der Waals surface area contributed by atoms with Crippen molar-refractivity contribution in [1.29, 1.82) is 0 Å². The lowest BCUT2D eigenvalue weighted by molar-refractivity contribution is -0.113. The zero-order valence-electron chi connectivity index (χ0n) is 14.3. The molecule has 0 atom stereocenters. The fraction of sp³-hybridized carbons (Fsp3) is 0.176. The van der Waals surface area contributed by atoms with E-state index in [0.29, 0.717) is 10.8 Å². The maximum Gasteiger partial charge on any atom is 0.242 e. The van der Waals surface area contributed by atoms with E-state index < -0.39 is 10.0 Å². The molecule has 2 aromatic carbocycles. The molecule has 0 unspecified atom stereocenters. The normalized spacial score (nSPS) is 11.8. The number of anilines is 1. The Labute approximate surface area is 155 Å². The molecule has 0 saturated heterocycles. The number of aromatic amines is 1. The SMILES string of the molecule is CN(C)S(=O)(=O)c1ccc(NC(=O)CSc2nc3ccccc3[nH]2)cc1. The standard InChI is InChI=1S/C17H18N4O3S2/c1-21(2)26(23,24)13-9-7-12(8-10-13)18-16(22)11-25-17-19-14-5-3-4-6-15(14)20-17/h3-10H,11H2,1-2H3,(H,18,22)(H,19,20). The third kappa shape index (κ3) is 4.06. The minimum atomic E-state index is -3.48. The molecule has 1 heterocycles. The number of sulfonamides is 1. The molecule has 0 fully saturated rings. The average molecular weight is 390 g/mol. The quantitative estimate of drug-likeness (QED) is 0.631. The van der Waals surface area contributed by atoms with E-state index in [1.54, 1.807) is 12.1 Å². The summed E-state index contributed by atoms with van der Waals surface area (Å²) in [5, 5.41) is 3.42. The van der Waals surface area contributed by atoms with Crippen LogP contribution < -0.4 is 5.32 Å². The number of para-hydroxylation sites is 2. The molecule has 0 aliphatic heterocycles. The second-order valence-corrected chi connectivity index (χ2v) is 8.82. The van der Waals surface area contributed by atoms with Crippen LogP contribution in [0.5, 0.6) is 0 Å². The van der Waals surface area contributed by atoms with Gasteiger partial charge in [-0.05, 0) is 36.4 Å². The number of imidazole rings is 1. The number of aromatic nitrogens is 2. The molecule has 3 rings (SSSR count). The van der Waals surface area contributed by atoms with Crippen LogP contribution in [0.4, 0.5) is 5.69 Å². The van der Waals surface area contributed by atoms with Crippen LogP contribution in [0.25, 0.3) is 11.0 Å². The summed E-state index contributed by atoms with van der Waals surface area (Å²) in [5.41, 5.74) is 2.32. The van der Waals surface area contributed by atoms with Crippen LogP contribution in [0.15, 0.2) is 58.6 Å². The fourth-order valence-electron chi connectivity index (χ4n) is 2.25. The summed E-state index contributed by atoms with van der Waals surface area (Å²) in [7, 11) is -0.532. The molecular formula is C17H18N4O3S2. The van der Waals surface area contributed by atoms with Crippen molar-refractivity contribution in [2.24, 2.45) is 0 Å². The van der Waals surface area contributed by atoms with E-state index in [-0.39, 0.29) is 16.6 Å². The first-order valence-electron chi connectivity index (χ1n) is 7.76. The van der Waals surface area contributed by atoms with Crippen molar-refractivity contribution in [3.8, 4) is 0 Å². The lowest BCUT2D eigenvalue weighted by Gasteiger charge is -2.11. The molecule has 136 valence electrons. The number of hydrogen-bond donors (Lipinski definition) is 2. The number of benzene rings is 2. The van der Waals surface area contributed by atoms with Crippen LogP contribution in [-0.2, 0) is 14.8 Å². The maximum absolute atomic E-state index is 12.1. The summed E-state index contributed by atoms with van der Waals surface area (Å²) in [6, 6.07) is 13.7. The van der Waals surface area contributed by atoms with Crippen LogP contribution in [-0.4, -0.2) is 48.4 Å². The number of fused-ring (bicyclic) bond motifs is 1. The summed E-state index contributed by atoms with van der Waals surface area (Å²) in [4.78, 5) is 19.8. The van der Waals surface area contributed by atoms with Crippen molar-refractivity contribution >= 4 is 44.4 Å². The molecule has 0 bridgehead atoms. The predicted octanol–water partition coefficient (Wildman–Crippen LogP) is 2.54. The largest absolute Gasteiger partial charge is 0.333 e. The van der Waals surface area contributed by atoms with Gasteiger partial charge in [0, 0.05) is 19.8 Å². The van der Waals surface area contributed by atoms with Crippen molar-refractivity contribution in [3.63, 3.8) is 0 Å². The lowest BCUT2D eigenvalue weighted by atomic mass is 10.3. The second kappa shape index (κ2) is 7.48. The van der Waals surface area contributed by atoms with Crippen molar-refractivity contribution in [2.75, 3.05) is 25.2 Å². The van der Waals surface area contributed by atoms with E-state index in [0.717, 1.165) is 15.3 Å². The number of hydrogen-bond acceptors (Lipinski definition) is 5. The number of amides is 1. The summed E-state index contributed by atoms with van der Waals surface area (Å²) in [5.74, 6) is -0.00364. The summed E-state index contributed by atoms with van der Waals surface area (Å²) < 4.78 is 25.2. The van der Waals surface area contributed by atoms with Crippen LogP contribution in [0.2, 0.25) is 0 Å². The average Bonchev–Trinajstić information content (AvgIpc) is 3.03. The maximum atomic E-state index is 12.1. The van der Waals surface area contributed by atoms with Gasteiger partial charge >= 0.3 is 0 Å². The molecular weight excluding hydrogens is 372 g/mol. The summed E-state index contributed by atoms with van der Waals surface area (Å²) >= 11 is 1.30. The van der Waals surface area contributed by atoms with Gasteiger partial charge in [0.2, 0.25) is 15.9 Å². The first-order valence-corrected chi connectivity index (χ1v) is 10.2. The molecule has 3 aromatic rings. The van der Waals surface area contributed by atoms with Gasteiger partial charge in [-0.15, -0.1) is 0 Å². The number of nitrogens with one attached hydrogen (secondary N) is 2. The van der Waals surface area contributed by atoms with Gasteiger partial charge in [-0.1, -0.05) is 23.9 Å². The Hall–Kier alpha value is -2.36. The van der Waals surface area contributed by atoms with Gasteiger partial charge in [0.05, 0.1) is 21.7 Å².